The lowest BCUT2D eigenvalue weighted by Crippen LogP contribution is -1.88. The molecule has 0 amide bonds. The molecule has 2 rings (SSSR count). The Morgan fingerprint density at radius 1 is 1.38 bits per heavy atom. The number of nitrogens with two attached hydrogens (primary N) is 1. The van der Waals surface area contributed by atoms with Gasteiger partial charge in [-0.1, -0.05) is 27.3 Å². The van der Waals surface area contributed by atoms with Gasteiger partial charge in [-0.15, -0.1) is 10.2 Å². The maximum absolute atomic E-state index is 10.7. The first kappa shape index (κ1) is 11.0. The van der Waals surface area contributed by atoms with Crippen LogP contribution in [0, 0.1) is 10.1 Å². The molecular weight excluding hydrogens is 296 g/mol. The van der Waals surface area contributed by atoms with Crippen molar-refractivity contribution in [2.24, 2.45) is 0 Å². The van der Waals surface area contributed by atoms with Crippen molar-refractivity contribution in [2.75, 3.05) is 5.73 Å². The van der Waals surface area contributed by atoms with E-state index in [1.807, 2.05) is 0 Å². The summed E-state index contributed by atoms with van der Waals surface area (Å²) in [5, 5.41) is 19.0. The molecule has 1 heterocycles. The molecule has 0 radical (unpaired) electrons. The molecular formula is C8H5BrN4O2S. The topological polar surface area (TPSA) is 94.9 Å². The highest BCUT2D eigenvalue weighted by atomic mass is 79.9. The Bertz CT molecular complexity index is 557. The summed E-state index contributed by atoms with van der Waals surface area (Å²) in [7, 11) is 0. The Hall–Kier alpha value is -1.54. The summed E-state index contributed by atoms with van der Waals surface area (Å²) in [6.07, 6.45) is 0. The van der Waals surface area contributed by atoms with Crippen LogP contribution in [0.2, 0.25) is 0 Å². The molecule has 0 unspecified atom stereocenters. The Labute approximate surface area is 102 Å². The SMILES string of the molecule is Nc1nnc(-c2cc(Br)cc([N+](=O)[O-])c2)s1. The number of aromatic nitrogens is 2. The molecule has 0 aliphatic heterocycles. The van der Waals surface area contributed by atoms with Gasteiger partial charge in [0.25, 0.3) is 5.69 Å². The van der Waals surface area contributed by atoms with E-state index in [-0.39, 0.29) is 5.69 Å². The van der Waals surface area contributed by atoms with Gasteiger partial charge < -0.3 is 5.73 Å². The molecule has 0 saturated carbocycles. The third-order valence-corrected chi connectivity index (χ3v) is 3.04. The van der Waals surface area contributed by atoms with Crippen molar-refractivity contribution in [1.82, 2.24) is 10.2 Å². The van der Waals surface area contributed by atoms with Gasteiger partial charge in [-0.2, -0.15) is 0 Å². The van der Waals surface area contributed by atoms with Gasteiger partial charge in [0.15, 0.2) is 0 Å². The molecule has 16 heavy (non-hydrogen) atoms. The van der Waals surface area contributed by atoms with E-state index in [2.05, 4.69) is 26.1 Å². The van der Waals surface area contributed by atoms with E-state index >= 15 is 0 Å². The van der Waals surface area contributed by atoms with Gasteiger partial charge >= 0.3 is 0 Å². The van der Waals surface area contributed by atoms with Crippen molar-refractivity contribution in [3.63, 3.8) is 0 Å². The molecule has 82 valence electrons. The smallest absolute Gasteiger partial charge is 0.271 e. The second kappa shape index (κ2) is 4.14. The van der Waals surface area contributed by atoms with E-state index < -0.39 is 4.92 Å². The van der Waals surface area contributed by atoms with Crippen LogP contribution in [0.15, 0.2) is 22.7 Å². The highest BCUT2D eigenvalue weighted by Gasteiger charge is 2.12. The van der Waals surface area contributed by atoms with Crippen LogP contribution in [0.1, 0.15) is 0 Å². The number of anilines is 1. The summed E-state index contributed by atoms with van der Waals surface area (Å²) in [4.78, 5) is 10.2. The average molecular weight is 301 g/mol. The van der Waals surface area contributed by atoms with Crippen LogP contribution in [0.3, 0.4) is 0 Å². The zero-order valence-corrected chi connectivity index (χ0v) is 10.2. The first-order chi connectivity index (χ1) is 7.56. The van der Waals surface area contributed by atoms with Gasteiger partial charge in [0.05, 0.1) is 4.92 Å². The van der Waals surface area contributed by atoms with E-state index in [9.17, 15) is 10.1 Å². The molecule has 2 aromatic rings. The monoisotopic (exact) mass is 300 g/mol. The van der Waals surface area contributed by atoms with Gasteiger partial charge in [-0.3, -0.25) is 10.1 Å². The van der Waals surface area contributed by atoms with Gasteiger partial charge in [-0.25, -0.2) is 0 Å². The number of halogens is 1. The first-order valence-electron chi connectivity index (χ1n) is 4.10. The Morgan fingerprint density at radius 2 is 2.12 bits per heavy atom. The zero-order valence-electron chi connectivity index (χ0n) is 7.75. The molecule has 0 spiro atoms. The lowest BCUT2D eigenvalue weighted by Gasteiger charge is -1.97. The predicted molar refractivity (Wildman–Crippen MR) is 64.1 cm³/mol. The molecule has 0 aliphatic carbocycles. The summed E-state index contributed by atoms with van der Waals surface area (Å²) in [6.45, 7) is 0. The van der Waals surface area contributed by atoms with Crippen molar-refractivity contribution in [3.05, 3.63) is 32.8 Å². The molecule has 1 aromatic carbocycles. The number of nitrogens with zero attached hydrogens (tertiary/aromatic N) is 3. The van der Waals surface area contributed by atoms with E-state index in [1.54, 1.807) is 6.07 Å². The van der Waals surface area contributed by atoms with Gasteiger partial charge in [0.1, 0.15) is 5.01 Å². The minimum absolute atomic E-state index is 0.00172. The van der Waals surface area contributed by atoms with Gasteiger partial charge in [0.2, 0.25) is 5.13 Å². The van der Waals surface area contributed by atoms with Crippen LogP contribution >= 0.6 is 27.3 Å². The fourth-order valence-corrected chi connectivity index (χ4v) is 2.23. The van der Waals surface area contributed by atoms with Crippen LogP contribution in [0.4, 0.5) is 10.8 Å². The highest BCUT2D eigenvalue weighted by Crippen LogP contribution is 2.30. The largest absolute Gasteiger partial charge is 0.374 e. The maximum Gasteiger partial charge on any atom is 0.271 e. The van der Waals surface area contributed by atoms with Crippen molar-refractivity contribution in [2.45, 2.75) is 0 Å². The van der Waals surface area contributed by atoms with E-state index in [0.717, 1.165) is 0 Å². The summed E-state index contributed by atoms with van der Waals surface area (Å²) < 4.78 is 0.616. The zero-order chi connectivity index (χ0) is 11.7. The van der Waals surface area contributed by atoms with Crippen molar-refractivity contribution in [1.29, 1.82) is 0 Å². The molecule has 0 bridgehead atoms. The number of nitro groups is 1. The maximum atomic E-state index is 10.7. The van der Waals surface area contributed by atoms with E-state index in [1.165, 1.54) is 23.5 Å². The van der Waals surface area contributed by atoms with Gasteiger partial charge in [-0.05, 0) is 6.07 Å². The second-order valence-corrected chi connectivity index (χ2v) is 4.83. The number of nitro benzene ring substituents is 1. The lowest BCUT2D eigenvalue weighted by atomic mass is 10.2. The fourth-order valence-electron chi connectivity index (χ4n) is 1.15. The molecule has 8 heteroatoms. The van der Waals surface area contributed by atoms with Crippen molar-refractivity contribution in [3.8, 4) is 10.6 Å². The Kier molecular flexibility index (Phi) is 2.84. The average Bonchev–Trinajstić information content (AvgIpc) is 2.64. The second-order valence-electron chi connectivity index (χ2n) is 2.90. The molecule has 2 N–H and O–H groups in total. The quantitative estimate of drug-likeness (QED) is 0.679. The lowest BCUT2D eigenvalue weighted by molar-refractivity contribution is -0.384. The molecule has 0 aliphatic rings. The van der Waals surface area contributed by atoms with Crippen LogP contribution in [-0.2, 0) is 0 Å². The highest BCUT2D eigenvalue weighted by molar-refractivity contribution is 9.10. The summed E-state index contributed by atoms with van der Waals surface area (Å²) in [5.74, 6) is 0. The number of benzene rings is 1. The van der Waals surface area contributed by atoms with Crippen LogP contribution in [0.25, 0.3) is 10.6 Å². The minimum atomic E-state index is -0.460. The number of rotatable bonds is 2. The summed E-state index contributed by atoms with van der Waals surface area (Å²) in [6, 6.07) is 4.59. The van der Waals surface area contributed by atoms with Crippen molar-refractivity contribution < 1.29 is 4.92 Å². The third kappa shape index (κ3) is 2.17. The normalized spacial score (nSPS) is 10.3. The summed E-state index contributed by atoms with van der Waals surface area (Å²) in [5.41, 5.74) is 6.07. The number of nitrogen functional groups attached to an aromatic ring is 1. The standard InChI is InChI=1S/C8H5BrN4O2S/c9-5-1-4(2-6(3-5)13(14)15)7-11-12-8(10)16-7/h1-3H,(H2,10,12). The first-order valence-corrected chi connectivity index (χ1v) is 5.71. The molecule has 6 nitrogen and oxygen atoms in total. The Balaban J connectivity index is 2.53. The predicted octanol–water partition coefficient (Wildman–Crippen LogP) is 2.46. The molecule has 1 aromatic heterocycles. The molecule has 0 fully saturated rings. The number of hydrogen-bond donors (Lipinski definition) is 1. The van der Waals surface area contributed by atoms with E-state index in [4.69, 9.17) is 5.73 Å². The van der Waals surface area contributed by atoms with E-state index in [0.29, 0.717) is 20.2 Å². The number of non-ortho nitro benzene ring substituents is 1. The van der Waals surface area contributed by atoms with Crippen LogP contribution in [0.5, 0.6) is 0 Å². The fraction of sp³-hybridized carbons (Fsp3) is 0. The third-order valence-electron chi connectivity index (χ3n) is 1.78. The molecule has 0 atom stereocenters. The van der Waals surface area contributed by atoms with Crippen LogP contribution < -0.4 is 5.73 Å². The van der Waals surface area contributed by atoms with Crippen LogP contribution in [-0.4, -0.2) is 15.1 Å². The molecule has 0 saturated heterocycles. The minimum Gasteiger partial charge on any atom is -0.374 e. The summed E-state index contributed by atoms with van der Waals surface area (Å²) >= 11 is 4.39. The van der Waals surface area contributed by atoms with Gasteiger partial charge in [0, 0.05) is 22.2 Å². The Morgan fingerprint density at radius 3 is 2.69 bits per heavy atom. The number of hydrogen-bond acceptors (Lipinski definition) is 6. The van der Waals surface area contributed by atoms with Crippen molar-refractivity contribution >= 4 is 38.1 Å².